The van der Waals surface area contributed by atoms with Crippen molar-refractivity contribution in [2.45, 2.75) is 5.41 Å². The second-order valence-electron chi connectivity index (χ2n) is 19.9. The van der Waals surface area contributed by atoms with Crippen molar-refractivity contribution in [1.29, 1.82) is 0 Å². The number of fused-ring (bicyclic) bond motifs is 15. The standard InChI is InChI=1S/C71H44N2S/c1-2-19-49(20-3-1)71(50-36-32-45-16-4-5-18-48(45)42-50)63-27-11-8-22-56(63)60-25-14-29-65(69(60)71)72(51-37-33-47-35-39-54-53-21-7-6-17-46(53)34-40-55(54)62(47)43-51)52-38-41-58-57-23-9-12-28-64(57)73(67(58)44-52)66-30-15-26-61-59-24-10-13-31-68(59)74-70(61)66/h1-44H. The highest BCUT2D eigenvalue weighted by Crippen LogP contribution is 2.60. The van der Waals surface area contributed by atoms with Gasteiger partial charge in [-0.05, 0) is 126 Å². The maximum atomic E-state index is 2.57. The van der Waals surface area contributed by atoms with Gasteiger partial charge in [0.25, 0.3) is 0 Å². The average Bonchev–Trinajstić information content (AvgIpc) is 4.12. The molecule has 344 valence electrons. The van der Waals surface area contributed by atoms with Gasteiger partial charge in [-0.3, -0.25) is 0 Å². The Labute approximate surface area is 431 Å². The van der Waals surface area contributed by atoms with Crippen LogP contribution in [0.15, 0.2) is 267 Å². The molecule has 0 spiro atoms. The maximum Gasteiger partial charge on any atom is 0.0734 e. The van der Waals surface area contributed by atoms with Crippen LogP contribution < -0.4 is 4.90 Å². The van der Waals surface area contributed by atoms with Gasteiger partial charge in [0.1, 0.15) is 0 Å². The maximum absolute atomic E-state index is 2.57. The summed E-state index contributed by atoms with van der Waals surface area (Å²) in [6.45, 7) is 0. The van der Waals surface area contributed by atoms with Crippen LogP contribution in [0.5, 0.6) is 0 Å². The molecule has 1 atom stereocenters. The van der Waals surface area contributed by atoms with Gasteiger partial charge in [0.2, 0.25) is 0 Å². The number of thiophene rings is 1. The second kappa shape index (κ2) is 15.9. The lowest BCUT2D eigenvalue weighted by Crippen LogP contribution is -2.30. The zero-order valence-corrected chi connectivity index (χ0v) is 41.0. The minimum Gasteiger partial charge on any atom is -0.310 e. The van der Waals surface area contributed by atoms with Crippen LogP contribution in [0.25, 0.3) is 102 Å². The van der Waals surface area contributed by atoms with Crippen molar-refractivity contribution in [2.24, 2.45) is 0 Å². The van der Waals surface area contributed by atoms with Gasteiger partial charge in [-0.2, -0.15) is 0 Å². The van der Waals surface area contributed by atoms with Gasteiger partial charge in [-0.15, -0.1) is 11.3 Å². The number of hydrogen-bond acceptors (Lipinski definition) is 2. The van der Waals surface area contributed by atoms with Gasteiger partial charge in [0, 0.05) is 43.2 Å². The minimum absolute atomic E-state index is 0.676. The molecule has 2 heterocycles. The Hall–Kier alpha value is -9.28. The lowest BCUT2D eigenvalue weighted by atomic mass is 9.67. The summed E-state index contributed by atoms with van der Waals surface area (Å²) < 4.78 is 5.11. The normalized spacial score (nSPS) is 14.3. The van der Waals surface area contributed by atoms with E-state index in [2.05, 4.69) is 276 Å². The highest BCUT2D eigenvalue weighted by Gasteiger charge is 2.48. The van der Waals surface area contributed by atoms with Crippen LogP contribution in [-0.2, 0) is 5.41 Å². The van der Waals surface area contributed by atoms with E-state index in [1.807, 2.05) is 11.3 Å². The van der Waals surface area contributed by atoms with E-state index < -0.39 is 5.41 Å². The molecule has 16 rings (SSSR count). The highest BCUT2D eigenvalue weighted by molar-refractivity contribution is 7.26. The first-order chi connectivity index (χ1) is 36.7. The molecule has 3 heteroatoms. The lowest BCUT2D eigenvalue weighted by molar-refractivity contribution is 0.769. The van der Waals surface area contributed by atoms with Crippen LogP contribution >= 0.6 is 11.3 Å². The lowest BCUT2D eigenvalue weighted by Gasteiger charge is -2.38. The fraction of sp³-hybridized carbons (Fsp3) is 0.0141. The van der Waals surface area contributed by atoms with Gasteiger partial charge in [0.15, 0.2) is 0 Å². The van der Waals surface area contributed by atoms with Crippen LogP contribution in [0.3, 0.4) is 0 Å². The zero-order chi connectivity index (χ0) is 48.5. The molecule has 0 aliphatic heterocycles. The van der Waals surface area contributed by atoms with E-state index in [-0.39, 0.29) is 0 Å². The summed E-state index contributed by atoms with van der Waals surface area (Å²) in [4.78, 5) is 2.57. The summed E-state index contributed by atoms with van der Waals surface area (Å²) in [5, 5.41) is 14.9. The largest absolute Gasteiger partial charge is 0.310 e. The molecule has 74 heavy (non-hydrogen) atoms. The predicted octanol–water partition coefficient (Wildman–Crippen LogP) is 19.6. The summed E-state index contributed by atoms with van der Waals surface area (Å²) >= 11 is 1.88. The van der Waals surface area contributed by atoms with E-state index in [9.17, 15) is 0 Å². The fourth-order valence-electron chi connectivity index (χ4n) is 13.0. The second-order valence-corrected chi connectivity index (χ2v) is 21.0. The molecular weight excluding hydrogens is 913 g/mol. The molecule has 0 fully saturated rings. The Balaban J connectivity index is 1.03. The number of aromatic nitrogens is 1. The summed E-state index contributed by atoms with van der Waals surface area (Å²) in [7, 11) is 0. The van der Waals surface area contributed by atoms with E-state index in [1.54, 1.807) is 0 Å². The molecule has 0 N–H and O–H groups in total. The van der Waals surface area contributed by atoms with Crippen molar-refractivity contribution < 1.29 is 0 Å². The zero-order valence-electron chi connectivity index (χ0n) is 40.2. The van der Waals surface area contributed by atoms with Gasteiger partial charge in [-0.1, -0.05) is 212 Å². The van der Waals surface area contributed by atoms with Gasteiger partial charge < -0.3 is 9.47 Å². The molecule has 2 aromatic heterocycles. The number of anilines is 3. The molecule has 15 aromatic rings. The molecule has 13 aromatic carbocycles. The van der Waals surface area contributed by atoms with Crippen LogP contribution in [-0.4, -0.2) is 4.57 Å². The van der Waals surface area contributed by atoms with E-state index >= 15 is 0 Å². The molecule has 0 bridgehead atoms. The average molecular weight is 957 g/mol. The van der Waals surface area contributed by atoms with E-state index in [4.69, 9.17) is 0 Å². The van der Waals surface area contributed by atoms with Crippen LogP contribution in [0.2, 0.25) is 0 Å². The molecule has 0 saturated carbocycles. The van der Waals surface area contributed by atoms with Crippen LogP contribution in [0.4, 0.5) is 17.1 Å². The Morgan fingerprint density at radius 1 is 0.338 bits per heavy atom. The van der Waals surface area contributed by atoms with Crippen LogP contribution in [0.1, 0.15) is 22.3 Å². The fourth-order valence-corrected chi connectivity index (χ4v) is 14.2. The quantitative estimate of drug-likeness (QED) is 0.151. The minimum atomic E-state index is -0.676. The van der Waals surface area contributed by atoms with Crippen molar-refractivity contribution in [2.75, 3.05) is 4.90 Å². The number of benzene rings is 13. The number of para-hydroxylation sites is 1. The van der Waals surface area contributed by atoms with Crippen LogP contribution in [0, 0.1) is 0 Å². The van der Waals surface area contributed by atoms with Gasteiger partial charge >= 0.3 is 0 Å². The summed E-state index contributed by atoms with van der Waals surface area (Å²) in [5.41, 5.74) is 13.7. The molecule has 1 aliphatic rings. The molecule has 0 radical (unpaired) electrons. The van der Waals surface area contributed by atoms with Crippen molar-refractivity contribution in [3.05, 3.63) is 289 Å². The first-order valence-electron chi connectivity index (χ1n) is 25.6. The molecule has 1 aliphatic carbocycles. The van der Waals surface area contributed by atoms with Crippen molar-refractivity contribution in [3.8, 4) is 16.8 Å². The third kappa shape index (κ3) is 5.81. The number of rotatable bonds is 6. The highest BCUT2D eigenvalue weighted by atomic mass is 32.1. The Morgan fingerprint density at radius 3 is 1.84 bits per heavy atom. The molecule has 1 unspecified atom stereocenters. The smallest absolute Gasteiger partial charge is 0.0734 e. The third-order valence-corrected chi connectivity index (χ3v) is 17.4. The summed E-state index contributed by atoms with van der Waals surface area (Å²) in [5.74, 6) is 0. The van der Waals surface area contributed by atoms with Crippen molar-refractivity contribution >= 4 is 113 Å². The van der Waals surface area contributed by atoms with E-state index in [0.717, 1.165) is 22.6 Å². The number of hydrogen-bond donors (Lipinski definition) is 0. The molecule has 0 amide bonds. The monoisotopic (exact) mass is 956 g/mol. The topological polar surface area (TPSA) is 8.17 Å². The van der Waals surface area contributed by atoms with E-state index in [1.165, 1.54) is 119 Å². The third-order valence-electron chi connectivity index (χ3n) is 16.2. The molecule has 2 nitrogen and oxygen atoms in total. The molecular formula is C71H44N2S. The Bertz CT molecular complexity index is 4810. The predicted molar refractivity (Wildman–Crippen MR) is 316 cm³/mol. The summed E-state index contributed by atoms with van der Waals surface area (Å²) in [6.07, 6.45) is 0. The van der Waals surface area contributed by atoms with Crippen molar-refractivity contribution in [1.82, 2.24) is 4.57 Å². The SMILES string of the molecule is c1ccc(C2(c3ccc4ccccc4c3)c3ccccc3-c3cccc(N(c4ccc5ccc6c7ccccc7ccc6c5c4)c4ccc5c6ccccc6n(-c6cccc7c6sc6ccccc67)c5c4)c32)cc1. The van der Waals surface area contributed by atoms with E-state index in [0.29, 0.717) is 0 Å². The Kier molecular flexibility index (Phi) is 8.86. The van der Waals surface area contributed by atoms with Gasteiger partial charge in [-0.25, -0.2) is 0 Å². The van der Waals surface area contributed by atoms with Crippen molar-refractivity contribution in [3.63, 3.8) is 0 Å². The van der Waals surface area contributed by atoms with Gasteiger partial charge in [0.05, 0.1) is 32.5 Å². The first-order valence-corrected chi connectivity index (χ1v) is 26.4. The number of nitrogens with zero attached hydrogens (tertiary/aromatic N) is 2. The first kappa shape index (κ1) is 41.3. The molecule has 0 saturated heterocycles. The Morgan fingerprint density at radius 2 is 0.946 bits per heavy atom. The summed E-state index contributed by atoms with van der Waals surface area (Å²) in [6, 6.07) is 100.